The lowest BCUT2D eigenvalue weighted by Gasteiger charge is -2.16. The average Bonchev–Trinajstić information content (AvgIpc) is 2.28. The smallest absolute Gasteiger partial charge is 0.180 e. The van der Waals surface area contributed by atoms with Gasteiger partial charge in [-0.1, -0.05) is 19.1 Å². The Hall–Kier alpha value is -0.880. The van der Waals surface area contributed by atoms with Crippen LogP contribution in [0, 0.1) is 0 Å². The van der Waals surface area contributed by atoms with E-state index in [1.54, 1.807) is 37.4 Å². The minimum Gasteiger partial charge on any atom is -0.381 e. The Balaban J connectivity index is 3.00. The van der Waals surface area contributed by atoms with Crippen LogP contribution in [0.5, 0.6) is 0 Å². The van der Waals surface area contributed by atoms with Crippen molar-refractivity contribution in [2.45, 2.75) is 24.8 Å². The van der Waals surface area contributed by atoms with E-state index in [1.807, 2.05) is 6.92 Å². The van der Waals surface area contributed by atoms with Gasteiger partial charge in [-0.3, -0.25) is 4.21 Å². The van der Waals surface area contributed by atoms with Crippen molar-refractivity contribution in [3.05, 3.63) is 24.3 Å². The second kappa shape index (κ2) is 6.33. The molecule has 0 fully saturated rings. The number of para-hydroxylation sites is 1. The molecule has 2 unspecified atom stereocenters. The summed E-state index contributed by atoms with van der Waals surface area (Å²) in [7, 11) is -4.15. The van der Waals surface area contributed by atoms with Crippen molar-refractivity contribution in [1.29, 1.82) is 0 Å². The van der Waals surface area contributed by atoms with E-state index in [4.69, 9.17) is 0 Å². The van der Waals surface area contributed by atoms with Crippen molar-refractivity contribution in [1.82, 2.24) is 0 Å². The fourth-order valence-electron chi connectivity index (χ4n) is 1.67. The van der Waals surface area contributed by atoms with Gasteiger partial charge in [0.15, 0.2) is 9.84 Å². The predicted octanol–water partition coefficient (Wildman–Crippen LogP) is 1.66. The van der Waals surface area contributed by atoms with E-state index < -0.39 is 20.6 Å². The van der Waals surface area contributed by atoms with Crippen molar-refractivity contribution < 1.29 is 12.6 Å². The maximum absolute atomic E-state index is 11.9. The molecule has 0 aliphatic rings. The topological polar surface area (TPSA) is 63.2 Å². The van der Waals surface area contributed by atoms with E-state index >= 15 is 0 Å². The molecule has 0 aliphatic heterocycles. The molecule has 2 atom stereocenters. The van der Waals surface area contributed by atoms with Crippen LogP contribution >= 0.6 is 0 Å². The van der Waals surface area contributed by atoms with Gasteiger partial charge in [-0.25, -0.2) is 8.42 Å². The quantitative estimate of drug-likeness (QED) is 0.865. The number of hydrogen-bond acceptors (Lipinski definition) is 4. The van der Waals surface area contributed by atoms with Gasteiger partial charge < -0.3 is 5.32 Å². The summed E-state index contributed by atoms with van der Waals surface area (Å²) in [6, 6.07) is 6.78. The normalized spacial score (nSPS) is 15.1. The molecule has 0 aromatic heterocycles. The van der Waals surface area contributed by atoms with Gasteiger partial charge in [0.2, 0.25) is 0 Å². The largest absolute Gasteiger partial charge is 0.381 e. The Morgan fingerprint density at radius 1 is 1.33 bits per heavy atom. The van der Waals surface area contributed by atoms with Gasteiger partial charge in [0, 0.05) is 28.9 Å². The molecule has 0 heterocycles. The first-order valence-corrected chi connectivity index (χ1v) is 9.13. The molecule has 0 spiro atoms. The summed E-state index contributed by atoms with van der Waals surface area (Å²) >= 11 is 0. The summed E-state index contributed by atoms with van der Waals surface area (Å²) in [5.41, 5.74) is 0.581. The molecule has 1 aromatic rings. The van der Waals surface area contributed by atoms with Crippen LogP contribution in [-0.2, 0) is 20.6 Å². The van der Waals surface area contributed by atoms with Crippen molar-refractivity contribution in [3.63, 3.8) is 0 Å². The number of hydrogen-bond donors (Lipinski definition) is 1. The van der Waals surface area contributed by atoms with Gasteiger partial charge in [-0.15, -0.1) is 0 Å². The van der Waals surface area contributed by atoms with Crippen LogP contribution in [0.1, 0.15) is 13.8 Å². The predicted molar refractivity (Wildman–Crippen MR) is 76.2 cm³/mol. The average molecular weight is 289 g/mol. The standard InChI is InChI=1S/C12H19NO3S2/c1-4-18(15,16)12-8-6-5-7-11(12)13-10(2)9-17(3)14/h5-8,10,13H,4,9H2,1-3H3. The van der Waals surface area contributed by atoms with Crippen LogP contribution in [0.25, 0.3) is 0 Å². The summed E-state index contributed by atoms with van der Waals surface area (Å²) in [5, 5.41) is 3.11. The lowest BCUT2D eigenvalue weighted by atomic mass is 10.3. The highest BCUT2D eigenvalue weighted by atomic mass is 32.2. The fraction of sp³-hybridized carbons (Fsp3) is 0.500. The van der Waals surface area contributed by atoms with Crippen LogP contribution in [0.3, 0.4) is 0 Å². The molecule has 6 heteroatoms. The highest BCUT2D eigenvalue weighted by Crippen LogP contribution is 2.22. The summed E-state index contributed by atoms with van der Waals surface area (Å²) in [6.07, 6.45) is 1.63. The van der Waals surface area contributed by atoms with Crippen LogP contribution < -0.4 is 5.32 Å². The molecule has 102 valence electrons. The van der Waals surface area contributed by atoms with Crippen molar-refractivity contribution >= 4 is 26.3 Å². The summed E-state index contributed by atoms with van der Waals surface area (Å²) < 4.78 is 35.0. The fourth-order valence-corrected chi connectivity index (χ4v) is 3.52. The van der Waals surface area contributed by atoms with Crippen molar-refractivity contribution in [2.24, 2.45) is 0 Å². The third kappa shape index (κ3) is 4.10. The van der Waals surface area contributed by atoms with Crippen LogP contribution in [0.4, 0.5) is 5.69 Å². The summed E-state index contributed by atoms with van der Waals surface area (Å²) in [6.45, 7) is 3.51. The maximum Gasteiger partial charge on any atom is 0.180 e. The third-order valence-corrected chi connectivity index (χ3v) is 5.24. The van der Waals surface area contributed by atoms with Crippen LogP contribution in [-0.4, -0.2) is 36.4 Å². The Kier molecular flexibility index (Phi) is 5.34. The zero-order valence-electron chi connectivity index (χ0n) is 10.8. The lowest BCUT2D eigenvalue weighted by molar-refractivity contribution is 0.597. The maximum atomic E-state index is 11.9. The Bertz CT molecular complexity index is 526. The van der Waals surface area contributed by atoms with E-state index in [0.29, 0.717) is 16.3 Å². The molecule has 0 bridgehead atoms. The third-order valence-electron chi connectivity index (χ3n) is 2.49. The van der Waals surface area contributed by atoms with E-state index in [-0.39, 0.29) is 11.8 Å². The minimum atomic E-state index is -3.24. The van der Waals surface area contributed by atoms with Crippen molar-refractivity contribution in [2.75, 3.05) is 23.1 Å². The number of anilines is 1. The van der Waals surface area contributed by atoms with Crippen LogP contribution in [0.15, 0.2) is 29.2 Å². The highest BCUT2D eigenvalue weighted by Gasteiger charge is 2.17. The molecule has 4 nitrogen and oxygen atoms in total. The first kappa shape index (κ1) is 15.2. The Labute approximate surface area is 111 Å². The van der Waals surface area contributed by atoms with Gasteiger partial charge in [-0.2, -0.15) is 0 Å². The van der Waals surface area contributed by atoms with Gasteiger partial charge in [0.05, 0.1) is 16.3 Å². The number of sulfone groups is 1. The number of benzene rings is 1. The molecule has 0 saturated carbocycles. The Morgan fingerprint density at radius 3 is 2.50 bits per heavy atom. The first-order chi connectivity index (χ1) is 8.36. The zero-order chi connectivity index (χ0) is 13.8. The molecular weight excluding hydrogens is 270 g/mol. The molecule has 0 saturated heterocycles. The molecule has 0 radical (unpaired) electrons. The van der Waals surface area contributed by atoms with E-state index in [1.165, 1.54) is 0 Å². The SMILES string of the molecule is CCS(=O)(=O)c1ccccc1NC(C)CS(C)=O. The minimum absolute atomic E-state index is 0.0379. The van der Waals surface area contributed by atoms with E-state index in [9.17, 15) is 12.6 Å². The molecule has 1 aromatic carbocycles. The van der Waals surface area contributed by atoms with Crippen LogP contribution in [0.2, 0.25) is 0 Å². The van der Waals surface area contributed by atoms with Gasteiger partial charge in [0.25, 0.3) is 0 Å². The van der Waals surface area contributed by atoms with Gasteiger partial charge >= 0.3 is 0 Å². The molecule has 0 amide bonds. The molecule has 1 rings (SSSR count). The second-order valence-electron chi connectivity index (χ2n) is 4.18. The number of rotatable bonds is 6. The number of nitrogens with one attached hydrogen (secondary N) is 1. The summed E-state index contributed by atoms with van der Waals surface area (Å²) in [5.74, 6) is 0.556. The second-order valence-corrected chi connectivity index (χ2v) is 7.91. The first-order valence-electron chi connectivity index (χ1n) is 5.75. The molecule has 1 N–H and O–H groups in total. The molecule has 0 aliphatic carbocycles. The zero-order valence-corrected chi connectivity index (χ0v) is 12.5. The van der Waals surface area contributed by atoms with Gasteiger partial charge in [-0.05, 0) is 19.1 Å². The van der Waals surface area contributed by atoms with Gasteiger partial charge in [0.1, 0.15) is 0 Å². The van der Waals surface area contributed by atoms with Crippen molar-refractivity contribution in [3.8, 4) is 0 Å². The van der Waals surface area contributed by atoms with E-state index in [2.05, 4.69) is 5.32 Å². The highest BCUT2D eigenvalue weighted by molar-refractivity contribution is 7.91. The van der Waals surface area contributed by atoms with E-state index in [0.717, 1.165) is 0 Å². The monoisotopic (exact) mass is 289 g/mol. The Morgan fingerprint density at radius 2 is 1.94 bits per heavy atom. The summed E-state index contributed by atoms with van der Waals surface area (Å²) in [4.78, 5) is 0.307. The lowest BCUT2D eigenvalue weighted by Crippen LogP contribution is -2.23. The molecular formula is C12H19NO3S2. The molecule has 18 heavy (non-hydrogen) atoms.